The Balaban J connectivity index is 3.33. The summed E-state index contributed by atoms with van der Waals surface area (Å²) in [4.78, 5) is 0. The Morgan fingerprint density at radius 2 is 1.69 bits per heavy atom. The predicted molar refractivity (Wildman–Crippen MR) is 57.9 cm³/mol. The van der Waals surface area contributed by atoms with E-state index in [0.29, 0.717) is 5.92 Å². The van der Waals surface area contributed by atoms with Crippen molar-refractivity contribution in [1.29, 1.82) is 0 Å². The van der Waals surface area contributed by atoms with Crippen molar-refractivity contribution in [2.75, 3.05) is 26.8 Å². The third kappa shape index (κ3) is 7.03. The molecule has 0 aliphatic heterocycles. The highest BCUT2D eigenvalue weighted by Crippen LogP contribution is 2.07. The van der Waals surface area contributed by atoms with Crippen molar-refractivity contribution >= 4 is 0 Å². The van der Waals surface area contributed by atoms with Crippen LogP contribution in [0.5, 0.6) is 0 Å². The average molecular weight is 187 g/mol. The molecule has 1 N–H and O–H groups in total. The number of hydrogen-bond donors (Lipinski definition) is 1. The lowest BCUT2D eigenvalue weighted by atomic mass is 9.98. The SMILES string of the molecule is COCC(C)CNCC(C)C(C)C. The van der Waals surface area contributed by atoms with E-state index < -0.39 is 0 Å². The van der Waals surface area contributed by atoms with Gasteiger partial charge in [-0.05, 0) is 30.8 Å². The molecule has 0 rings (SSSR count). The van der Waals surface area contributed by atoms with Crippen LogP contribution in [-0.4, -0.2) is 26.8 Å². The smallest absolute Gasteiger partial charge is 0.0499 e. The van der Waals surface area contributed by atoms with Crippen molar-refractivity contribution in [2.24, 2.45) is 17.8 Å². The molecule has 0 spiro atoms. The summed E-state index contributed by atoms with van der Waals surface area (Å²) >= 11 is 0. The minimum atomic E-state index is 0.615. The third-order valence-electron chi connectivity index (χ3n) is 2.55. The monoisotopic (exact) mass is 187 g/mol. The molecule has 2 unspecified atom stereocenters. The zero-order valence-corrected chi connectivity index (χ0v) is 9.76. The molecule has 2 atom stereocenters. The van der Waals surface area contributed by atoms with Gasteiger partial charge in [-0.25, -0.2) is 0 Å². The minimum absolute atomic E-state index is 0.615. The lowest BCUT2D eigenvalue weighted by Crippen LogP contribution is -2.29. The fourth-order valence-electron chi connectivity index (χ4n) is 1.14. The summed E-state index contributed by atoms with van der Waals surface area (Å²) in [6.45, 7) is 12.1. The average Bonchev–Trinajstić information content (AvgIpc) is 2.04. The number of rotatable bonds is 7. The molecule has 2 nitrogen and oxygen atoms in total. The van der Waals surface area contributed by atoms with E-state index in [1.54, 1.807) is 7.11 Å². The van der Waals surface area contributed by atoms with Crippen LogP contribution < -0.4 is 5.32 Å². The molecule has 80 valence electrons. The topological polar surface area (TPSA) is 21.3 Å². The molecule has 0 fully saturated rings. The van der Waals surface area contributed by atoms with Crippen LogP contribution in [-0.2, 0) is 4.74 Å². The van der Waals surface area contributed by atoms with Gasteiger partial charge in [0, 0.05) is 13.7 Å². The van der Waals surface area contributed by atoms with Gasteiger partial charge in [0.1, 0.15) is 0 Å². The van der Waals surface area contributed by atoms with Crippen LogP contribution in [0.15, 0.2) is 0 Å². The van der Waals surface area contributed by atoms with E-state index in [4.69, 9.17) is 4.74 Å². The maximum atomic E-state index is 5.07. The van der Waals surface area contributed by atoms with E-state index in [1.807, 2.05) is 0 Å². The Labute approximate surface area is 83.1 Å². The molecular formula is C11H25NO. The number of methoxy groups -OCH3 is 1. The van der Waals surface area contributed by atoms with E-state index in [1.165, 1.54) is 0 Å². The second-order valence-corrected chi connectivity index (χ2v) is 4.44. The van der Waals surface area contributed by atoms with Crippen LogP contribution >= 0.6 is 0 Å². The van der Waals surface area contributed by atoms with Gasteiger partial charge in [-0.3, -0.25) is 0 Å². The van der Waals surface area contributed by atoms with Gasteiger partial charge in [0.05, 0.1) is 0 Å². The molecule has 13 heavy (non-hydrogen) atoms. The Kier molecular flexibility index (Phi) is 7.29. The van der Waals surface area contributed by atoms with E-state index in [-0.39, 0.29) is 0 Å². The Morgan fingerprint density at radius 3 is 2.15 bits per heavy atom. The van der Waals surface area contributed by atoms with Crippen LogP contribution in [0.4, 0.5) is 0 Å². The molecule has 0 heterocycles. The first-order valence-electron chi connectivity index (χ1n) is 5.27. The highest BCUT2D eigenvalue weighted by atomic mass is 16.5. The molecule has 0 aliphatic carbocycles. The van der Waals surface area contributed by atoms with Gasteiger partial charge in [0.2, 0.25) is 0 Å². The van der Waals surface area contributed by atoms with Crippen molar-refractivity contribution in [3.63, 3.8) is 0 Å². The summed E-state index contributed by atoms with van der Waals surface area (Å²) in [6, 6.07) is 0. The zero-order valence-electron chi connectivity index (χ0n) is 9.76. The Hall–Kier alpha value is -0.0800. The molecule has 0 aliphatic rings. The number of hydrogen-bond acceptors (Lipinski definition) is 2. The van der Waals surface area contributed by atoms with Gasteiger partial charge in [-0.2, -0.15) is 0 Å². The van der Waals surface area contributed by atoms with E-state index in [0.717, 1.165) is 31.5 Å². The van der Waals surface area contributed by atoms with Crippen molar-refractivity contribution < 1.29 is 4.74 Å². The van der Waals surface area contributed by atoms with Gasteiger partial charge < -0.3 is 10.1 Å². The highest BCUT2D eigenvalue weighted by Gasteiger charge is 2.07. The third-order valence-corrected chi connectivity index (χ3v) is 2.55. The van der Waals surface area contributed by atoms with Gasteiger partial charge in [-0.1, -0.05) is 27.7 Å². The maximum absolute atomic E-state index is 5.07. The van der Waals surface area contributed by atoms with Crippen LogP contribution in [0.1, 0.15) is 27.7 Å². The lowest BCUT2D eigenvalue weighted by molar-refractivity contribution is 0.157. The molecule has 0 amide bonds. The normalized spacial score (nSPS) is 16.2. The summed E-state index contributed by atoms with van der Waals surface area (Å²) in [5.74, 6) is 2.14. The fraction of sp³-hybridized carbons (Fsp3) is 1.00. The molecule has 0 bridgehead atoms. The molecule has 0 radical (unpaired) electrons. The quantitative estimate of drug-likeness (QED) is 0.659. The maximum Gasteiger partial charge on any atom is 0.0499 e. The predicted octanol–water partition coefficient (Wildman–Crippen LogP) is 2.15. The second-order valence-electron chi connectivity index (χ2n) is 4.44. The molecule has 0 aromatic heterocycles. The number of ether oxygens (including phenoxy) is 1. The van der Waals surface area contributed by atoms with E-state index in [2.05, 4.69) is 33.0 Å². The van der Waals surface area contributed by atoms with E-state index >= 15 is 0 Å². The Bertz CT molecular complexity index is 115. The summed E-state index contributed by atoms with van der Waals surface area (Å²) < 4.78 is 5.07. The highest BCUT2D eigenvalue weighted by molar-refractivity contribution is 4.62. The molecule has 0 saturated carbocycles. The summed E-state index contributed by atoms with van der Waals surface area (Å²) in [7, 11) is 1.76. The van der Waals surface area contributed by atoms with Crippen LogP contribution in [0.2, 0.25) is 0 Å². The van der Waals surface area contributed by atoms with Gasteiger partial charge in [0.15, 0.2) is 0 Å². The zero-order chi connectivity index (χ0) is 10.3. The molecule has 2 heteroatoms. The van der Waals surface area contributed by atoms with Crippen molar-refractivity contribution in [3.8, 4) is 0 Å². The Morgan fingerprint density at radius 1 is 1.08 bits per heavy atom. The van der Waals surface area contributed by atoms with Gasteiger partial charge in [-0.15, -0.1) is 0 Å². The first-order chi connectivity index (χ1) is 6.07. The standard InChI is InChI=1S/C11H25NO/c1-9(2)11(4)7-12-6-10(3)8-13-5/h9-12H,6-8H2,1-5H3. The lowest BCUT2D eigenvalue weighted by Gasteiger charge is -2.18. The summed E-state index contributed by atoms with van der Waals surface area (Å²) in [6.07, 6.45) is 0. The van der Waals surface area contributed by atoms with Crippen LogP contribution in [0, 0.1) is 17.8 Å². The largest absolute Gasteiger partial charge is 0.384 e. The van der Waals surface area contributed by atoms with Crippen molar-refractivity contribution in [2.45, 2.75) is 27.7 Å². The van der Waals surface area contributed by atoms with Crippen LogP contribution in [0.3, 0.4) is 0 Å². The first kappa shape index (κ1) is 12.9. The van der Waals surface area contributed by atoms with Crippen molar-refractivity contribution in [3.05, 3.63) is 0 Å². The molecule has 0 aromatic carbocycles. The second kappa shape index (κ2) is 7.34. The van der Waals surface area contributed by atoms with Gasteiger partial charge >= 0.3 is 0 Å². The molecule has 0 saturated heterocycles. The summed E-state index contributed by atoms with van der Waals surface area (Å²) in [5, 5.41) is 3.47. The minimum Gasteiger partial charge on any atom is -0.384 e. The number of nitrogens with one attached hydrogen (secondary N) is 1. The fourth-order valence-corrected chi connectivity index (χ4v) is 1.14. The van der Waals surface area contributed by atoms with Crippen molar-refractivity contribution in [1.82, 2.24) is 5.32 Å². The van der Waals surface area contributed by atoms with Gasteiger partial charge in [0.25, 0.3) is 0 Å². The molecular weight excluding hydrogens is 162 g/mol. The summed E-state index contributed by atoms with van der Waals surface area (Å²) in [5.41, 5.74) is 0. The molecule has 0 aromatic rings. The van der Waals surface area contributed by atoms with E-state index in [9.17, 15) is 0 Å². The first-order valence-corrected chi connectivity index (χ1v) is 5.27. The van der Waals surface area contributed by atoms with Crippen LogP contribution in [0.25, 0.3) is 0 Å².